The highest BCUT2D eigenvalue weighted by Gasteiger charge is 2.22. The van der Waals surface area contributed by atoms with Crippen LogP contribution < -0.4 is 4.74 Å². The highest BCUT2D eigenvalue weighted by Crippen LogP contribution is 2.30. The van der Waals surface area contributed by atoms with Crippen LogP contribution in [0.2, 0.25) is 0 Å². The first-order chi connectivity index (χ1) is 15.1. The van der Waals surface area contributed by atoms with Crippen molar-refractivity contribution < 1.29 is 19.1 Å². The van der Waals surface area contributed by atoms with Crippen LogP contribution >= 0.6 is 0 Å². The summed E-state index contributed by atoms with van der Waals surface area (Å²) in [4.78, 5) is 25.3. The van der Waals surface area contributed by atoms with Gasteiger partial charge in [-0.05, 0) is 41.3 Å². The van der Waals surface area contributed by atoms with Crippen molar-refractivity contribution in [3.63, 3.8) is 0 Å². The molecule has 0 aliphatic heterocycles. The molecule has 0 aliphatic carbocycles. The second-order valence-electron chi connectivity index (χ2n) is 7.10. The third-order valence-electron chi connectivity index (χ3n) is 5.28. The molecule has 0 saturated heterocycles. The molecule has 2 aromatic carbocycles. The topological polar surface area (TPSA) is 57.0 Å². The minimum atomic E-state index is -0.461. The number of methoxy groups -OCH3 is 1. The number of nitrogens with zero attached hydrogens (tertiary/aromatic N) is 1. The van der Waals surface area contributed by atoms with Gasteiger partial charge in [0.15, 0.2) is 6.61 Å². The van der Waals surface area contributed by atoms with Gasteiger partial charge in [0.05, 0.1) is 18.3 Å². The van der Waals surface area contributed by atoms with Gasteiger partial charge in [-0.15, -0.1) is 0 Å². The fourth-order valence-electron chi connectivity index (χ4n) is 3.75. The molecule has 0 amide bonds. The molecule has 0 N–H and O–H groups in total. The number of carbonyl (C=O) groups excluding carboxylic acids is 2. The zero-order valence-corrected chi connectivity index (χ0v) is 17.5. The van der Waals surface area contributed by atoms with Gasteiger partial charge in [0.25, 0.3) is 0 Å². The molecule has 0 aliphatic rings. The van der Waals surface area contributed by atoms with Crippen LogP contribution in [0.5, 0.6) is 5.75 Å². The molecule has 0 radical (unpaired) electrons. The van der Waals surface area contributed by atoms with E-state index in [0.29, 0.717) is 23.4 Å². The molecule has 31 heavy (non-hydrogen) atoms. The molecule has 0 fully saturated rings. The Bertz CT molecular complexity index is 1240. The number of hydrogen-bond acceptors (Lipinski definition) is 4. The molecule has 0 spiro atoms. The average Bonchev–Trinajstić information content (AvgIpc) is 3.22. The van der Waals surface area contributed by atoms with Crippen molar-refractivity contribution in [2.75, 3.05) is 13.7 Å². The quantitative estimate of drug-likeness (QED) is 0.318. The minimum absolute atomic E-state index is 0.0542. The fourth-order valence-corrected chi connectivity index (χ4v) is 3.75. The molecule has 5 nitrogen and oxygen atoms in total. The van der Waals surface area contributed by atoms with Crippen LogP contribution in [0.15, 0.2) is 79.0 Å². The average molecular weight is 413 g/mol. The largest absolute Gasteiger partial charge is 0.480 e. The number of aryl methyl sites for hydroxylation is 1. The summed E-state index contributed by atoms with van der Waals surface area (Å²) >= 11 is 0. The minimum Gasteiger partial charge on any atom is -0.480 e. The number of rotatable bonds is 7. The Kier molecular flexibility index (Phi) is 5.85. The molecule has 0 bridgehead atoms. The Morgan fingerprint density at radius 2 is 1.68 bits per heavy atom. The Morgan fingerprint density at radius 3 is 2.42 bits per heavy atom. The van der Waals surface area contributed by atoms with Crippen LogP contribution in [-0.4, -0.2) is 29.9 Å². The molecular weight excluding hydrogens is 390 g/mol. The second kappa shape index (κ2) is 8.88. The summed E-state index contributed by atoms with van der Waals surface area (Å²) < 4.78 is 12.2. The number of esters is 1. The molecule has 2 aromatic heterocycles. The summed E-state index contributed by atoms with van der Waals surface area (Å²) in [5.74, 6) is 0.0109. The number of fused-ring (bicyclic) bond motifs is 1. The maximum Gasteiger partial charge on any atom is 0.343 e. The van der Waals surface area contributed by atoms with Crippen LogP contribution in [-0.2, 0) is 16.0 Å². The van der Waals surface area contributed by atoms with Crippen molar-refractivity contribution in [2.45, 2.75) is 13.3 Å². The molecule has 0 atom stereocenters. The summed E-state index contributed by atoms with van der Waals surface area (Å²) in [5, 5.41) is 0. The van der Waals surface area contributed by atoms with E-state index < -0.39 is 5.97 Å². The summed E-state index contributed by atoms with van der Waals surface area (Å²) in [6.45, 7) is 1.83. The van der Waals surface area contributed by atoms with E-state index in [1.165, 1.54) is 7.11 Å². The van der Waals surface area contributed by atoms with Crippen LogP contribution in [0.1, 0.15) is 28.5 Å². The summed E-state index contributed by atoms with van der Waals surface area (Å²) in [6.07, 6.45) is 2.53. The fraction of sp³-hybridized carbons (Fsp3) is 0.154. The van der Waals surface area contributed by atoms with Gasteiger partial charge in [0.2, 0.25) is 5.78 Å². The Balaban J connectivity index is 1.82. The van der Waals surface area contributed by atoms with Gasteiger partial charge < -0.3 is 13.9 Å². The van der Waals surface area contributed by atoms with Gasteiger partial charge in [-0.1, -0.05) is 61.5 Å². The van der Waals surface area contributed by atoms with Crippen LogP contribution in [0.25, 0.3) is 16.6 Å². The molecular formula is C26H23NO4. The van der Waals surface area contributed by atoms with Crippen molar-refractivity contribution in [1.29, 1.82) is 0 Å². The lowest BCUT2D eigenvalue weighted by Crippen LogP contribution is -2.13. The first-order valence-electron chi connectivity index (χ1n) is 10.2. The van der Waals surface area contributed by atoms with Crippen molar-refractivity contribution in [3.8, 4) is 16.9 Å². The van der Waals surface area contributed by atoms with Gasteiger partial charge in [-0.2, -0.15) is 0 Å². The van der Waals surface area contributed by atoms with Crippen molar-refractivity contribution >= 4 is 17.3 Å². The molecule has 156 valence electrons. The molecule has 2 heterocycles. The zero-order valence-electron chi connectivity index (χ0n) is 17.5. The lowest BCUT2D eigenvalue weighted by Gasteiger charge is -2.11. The summed E-state index contributed by atoms with van der Waals surface area (Å²) in [6, 6.07) is 23.1. The van der Waals surface area contributed by atoms with Crippen LogP contribution in [0.4, 0.5) is 0 Å². The highest BCUT2D eigenvalue weighted by atomic mass is 16.6. The molecule has 4 aromatic rings. The highest BCUT2D eigenvalue weighted by molar-refractivity contribution is 6.13. The van der Waals surface area contributed by atoms with Gasteiger partial charge in [0, 0.05) is 11.8 Å². The van der Waals surface area contributed by atoms with E-state index in [9.17, 15) is 9.59 Å². The lowest BCUT2D eigenvalue weighted by atomic mass is 9.94. The standard InChI is InChI=1S/C26H23NO4/c1-3-18-16-22-23(31-17-24(28)30-2)14-9-15-27(22)25(18)26(29)21-13-8-7-12-20(21)19-10-5-4-6-11-19/h4-16H,3,17H2,1-2H3. The Hall–Kier alpha value is -3.86. The van der Waals surface area contributed by atoms with Gasteiger partial charge in [0.1, 0.15) is 5.75 Å². The number of hydrogen-bond donors (Lipinski definition) is 0. The first-order valence-corrected chi connectivity index (χ1v) is 10.2. The van der Waals surface area contributed by atoms with E-state index >= 15 is 0 Å². The molecule has 0 saturated carbocycles. The van der Waals surface area contributed by atoms with Crippen molar-refractivity contribution in [3.05, 3.63) is 95.8 Å². The number of aromatic nitrogens is 1. The number of ketones is 1. The van der Waals surface area contributed by atoms with Gasteiger partial charge in [-0.3, -0.25) is 4.79 Å². The van der Waals surface area contributed by atoms with Crippen LogP contribution in [0, 0.1) is 0 Å². The number of pyridine rings is 1. The van der Waals surface area contributed by atoms with Crippen molar-refractivity contribution in [1.82, 2.24) is 4.40 Å². The van der Waals surface area contributed by atoms with E-state index in [2.05, 4.69) is 4.74 Å². The molecule has 4 rings (SSSR count). The zero-order chi connectivity index (χ0) is 21.8. The van der Waals surface area contributed by atoms with Crippen LogP contribution in [0.3, 0.4) is 0 Å². The predicted octanol–water partition coefficient (Wildman–Crippen LogP) is 4.95. The van der Waals surface area contributed by atoms with Crippen molar-refractivity contribution in [2.24, 2.45) is 0 Å². The van der Waals surface area contributed by atoms with E-state index in [1.54, 1.807) is 12.1 Å². The van der Waals surface area contributed by atoms with E-state index in [0.717, 1.165) is 22.2 Å². The predicted molar refractivity (Wildman–Crippen MR) is 120 cm³/mol. The number of ether oxygens (including phenoxy) is 2. The van der Waals surface area contributed by atoms with E-state index in [-0.39, 0.29) is 12.4 Å². The van der Waals surface area contributed by atoms with E-state index in [1.807, 2.05) is 78.2 Å². The third-order valence-corrected chi connectivity index (χ3v) is 5.28. The van der Waals surface area contributed by atoms with Gasteiger partial charge in [-0.25, -0.2) is 4.79 Å². The second-order valence-corrected chi connectivity index (χ2v) is 7.10. The summed E-state index contributed by atoms with van der Waals surface area (Å²) in [5.41, 5.74) is 4.79. The first kappa shape index (κ1) is 20.4. The monoisotopic (exact) mass is 413 g/mol. The maximum absolute atomic E-state index is 13.8. The lowest BCUT2D eigenvalue weighted by molar-refractivity contribution is -0.142. The molecule has 5 heteroatoms. The maximum atomic E-state index is 13.8. The van der Waals surface area contributed by atoms with E-state index in [4.69, 9.17) is 4.74 Å². The Morgan fingerprint density at radius 1 is 0.935 bits per heavy atom. The van der Waals surface area contributed by atoms with Gasteiger partial charge >= 0.3 is 5.97 Å². The SMILES string of the molecule is CCc1cc2c(OCC(=O)OC)cccn2c1C(=O)c1ccccc1-c1ccccc1. The third kappa shape index (κ3) is 3.94. The smallest absolute Gasteiger partial charge is 0.343 e. The number of carbonyl (C=O) groups is 2. The Labute approximate surface area is 180 Å². The summed E-state index contributed by atoms with van der Waals surface area (Å²) in [7, 11) is 1.32. The normalized spacial score (nSPS) is 10.8. The molecule has 0 unspecified atom stereocenters. The number of benzene rings is 2.